The zero-order chi connectivity index (χ0) is 13.7. The van der Waals surface area contributed by atoms with E-state index in [4.69, 9.17) is 15.7 Å². The summed E-state index contributed by atoms with van der Waals surface area (Å²) in [6.45, 7) is 0.630. The van der Waals surface area contributed by atoms with Gasteiger partial charge in [-0.1, -0.05) is 12.1 Å². The van der Waals surface area contributed by atoms with Crippen LogP contribution in [0.4, 0.5) is 4.39 Å². The molecule has 2 aromatic rings. The van der Waals surface area contributed by atoms with Gasteiger partial charge >= 0.3 is 0 Å². The van der Waals surface area contributed by atoms with Crippen LogP contribution in [0.2, 0.25) is 0 Å². The molecule has 0 aliphatic rings. The first-order chi connectivity index (χ1) is 9.22. The van der Waals surface area contributed by atoms with Crippen LogP contribution in [0.25, 0.3) is 0 Å². The van der Waals surface area contributed by atoms with Crippen LogP contribution in [0.3, 0.4) is 0 Å². The maximum Gasteiger partial charge on any atom is 0.123 e. The third-order valence-electron chi connectivity index (χ3n) is 2.74. The molecule has 96 valence electrons. The molecule has 0 radical (unpaired) electrons. The summed E-state index contributed by atoms with van der Waals surface area (Å²) in [4.78, 5) is 0. The summed E-state index contributed by atoms with van der Waals surface area (Å²) in [5, 5.41) is 8.93. The zero-order valence-electron chi connectivity index (χ0n) is 10.3. The molecule has 0 aliphatic carbocycles. The summed E-state index contributed by atoms with van der Waals surface area (Å²) >= 11 is 0. The summed E-state index contributed by atoms with van der Waals surface area (Å²) in [5.41, 5.74) is 7.46. The molecule has 0 heterocycles. The number of halogens is 1. The number of nitrogens with zero attached hydrogens (tertiary/aromatic N) is 1. The van der Waals surface area contributed by atoms with Crippen molar-refractivity contribution in [3.63, 3.8) is 0 Å². The molecule has 0 bridgehead atoms. The first-order valence-corrected chi connectivity index (χ1v) is 5.83. The smallest absolute Gasteiger partial charge is 0.123 e. The molecule has 0 atom stereocenters. The van der Waals surface area contributed by atoms with E-state index in [0.29, 0.717) is 23.4 Å². The molecule has 2 aromatic carbocycles. The zero-order valence-corrected chi connectivity index (χ0v) is 10.3. The van der Waals surface area contributed by atoms with Gasteiger partial charge in [-0.2, -0.15) is 5.26 Å². The molecule has 0 saturated carbocycles. The summed E-state index contributed by atoms with van der Waals surface area (Å²) < 4.78 is 18.7. The molecule has 2 N–H and O–H groups in total. The fourth-order valence-electron chi connectivity index (χ4n) is 1.67. The molecule has 4 heteroatoms. The van der Waals surface area contributed by atoms with Gasteiger partial charge in [-0.25, -0.2) is 4.39 Å². The highest BCUT2D eigenvalue weighted by atomic mass is 19.1. The third-order valence-corrected chi connectivity index (χ3v) is 2.74. The van der Waals surface area contributed by atoms with E-state index in [9.17, 15) is 4.39 Å². The molecule has 19 heavy (non-hydrogen) atoms. The van der Waals surface area contributed by atoms with Gasteiger partial charge in [-0.05, 0) is 35.9 Å². The first kappa shape index (κ1) is 13.1. The van der Waals surface area contributed by atoms with Gasteiger partial charge in [0.2, 0.25) is 0 Å². The second-order valence-electron chi connectivity index (χ2n) is 4.05. The number of hydrogen-bond donors (Lipinski definition) is 1. The van der Waals surface area contributed by atoms with E-state index in [1.807, 2.05) is 18.2 Å². The molecule has 0 amide bonds. The topological polar surface area (TPSA) is 59.0 Å². The van der Waals surface area contributed by atoms with Crippen LogP contribution < -0.4 is 10.5 Å². The lowest BCUT2D eigenvalue weighted by Crippen LogP contribution is -2.00. The summed E-state index contributed by atoms with van der Waals surface area (Å²) in [5.74, 6) is 0.279. The van der Waals surface area contributed by atoms with Crippen molar-refractivity contribution in [2.75, 3.05) is 0 Å². The van der Waals surface area contributed by atoms with Gasteiger partial charge in [-0.15, -0.1) is 0 Å². The Morgan fingerprint density at radius 1 is 1.16 bits per heavy atom. The van der Waals surface area contributed by atoms with E-state index in [-0.39, 0.29) is 12.4 Å². The fraction of sp³-hybridized carbons (Fsp3) is 0.133. The van der Waals surface area contributed by atoms with Gasteiger partial charge in [0.25, 0.3) is 0 Å². The summed E-state index contributed by atoms with van der Waals surface area (Å²) in [6.07, 6.45) is 0. The van der Waals surface area contributed by atoms with Crippen molar-refractivity contribution in [3.05, 3.63) is 65.0 Å². The molecule has 0 fully saturated rings. The Balaban J connectivity index is 2.09. The van der Waals surface area contributed by atoms with Crippen LogP contribution in [0, 0.1) is 17.1 Å². The Morgan fingerprint density at radius 2 is 1.89 bits per heavy atom. The van der Waals surface area contributed by atoms with Gasteiger partial charge in [0.1, 0.15) is 18.2 Å². The van der Waals surface area contributed by atoms with Gasteiger partial charge in [0.05, 0.1) is 11.6 Å². The van der Waals surface area contributed by atoms with Crippen LogP contribution in [-0.2, 0) is 13.2 Å². The number of rotatable bonds is 4. The number of nitrogens with two attached hydrogens (primary N) is 1. The quantitative estimate of drug-likeness (QED) is 0.915. The molecular formula is C15H13FN2O. The lowest BCUT2D eigenvalue weighted by molar-refractivity contribution is 0.305. The Hall–Kier alpha value is -2.38. The first-order valence-electron chi connectivity index (χ1n) is 5.83. The minimum absolute atomic E-state index is 0.155. The molecule has 0 unspecified atom stereocenters. The maximum absolute atomic E-state index is 13.1. The Kier molecular flexibility index (Phi) is 4.11. The minimum Gasteiger partial charge on any atom is -0.489 e. The second kappa shape index (κ2) is 5.98. The van der Waals surface area contributed by atoms with Crippen LogP contribution in [0.5, 0.6) is 5.75 Å². The minimum atomic E-state index is -0.379. The fourth-order valence-corrected chi connectivity index (χ4v) is 1.67. The number of nitriles is 1. The standard InChI is InChI=1S/C15H13FN2O/c16-14-4-3-12(9-18)13(7-14)10-19-15-5-1-11(8-17)2-6-15/h1-7H,8,10,17H2. The number of hydrogen-bond acceptors (Lipinski definition) is 3. The number of benzene rings is 2. The van der Waals surface area contributed by atoms with Crippen molar-refractivity contribution in [3.8, 4) is 11.8 Å². The largest absolute Gasteiger partial charge is 0.489 e. The monoisotopic (exact) mass is 256 g/mol. The normalized spacial score (nSPS) is 9.95. The molecule has 0 aliphatic heterocycles. The predicted octanol–water partition coefficient (Wildman–Crippen LogP) is 2.74. The third kappa shape index (κ3) is 3.30. The molecule has 2 rings (SSSR count). The van der Waals surface area contributed by atoms with E-state index < -0.39 is 0 Å². The highest BCUT2D eigenvalue weighted by molar-refractivity contribution is 5.38. The van der Waals surface area contributed by atoms with Crippen LogP contribution in [0.1, 0.15) is 16.7 Å². The second-order valence-corrected chi connectivity index (χ2v) is 4.05. The van der Waals surface area contributed by atoms with Gasteiger partial charge in [-0.3, -0.25) is 0 Å². The van der Waals surface area contributed by atoms with Crippen molar-refractivity contribution in [1.82, 2.24) is 0 Å². The van der Waals surface area contributed by atoms with E-state index in [2.05, 4.69) is 0 Å². The SMILES string of the molecule is N#Cc1ccc(F)cc1COc1ccc(CN)cc1. The lowest BCUT2D eigenvalue weighted by atomic mass is 10.1. The average Bonchev–Trinajstić information content (AvgIpc) is 2.46. The van der Waals surface area contributed by atoms with Gasteiger partial charge in [0, 0.05) is 12.1 Å². The van der Waals surface area contributed by atoms with Crippen LogP contribution >= 0.6 is 0 Å². The number of ether oxygens (including phenoxy) is 1. The highest BCUT2D eigenvalue weighted by Crippen LogP contribution is 2.16. The van der Waals surface area contributed by atoms with Gasteiger partial charge < -0.3 is 10.5 Å². The van der Waals surface area contributed by atoms with E-state index in [1.165, 1.54) is 18.2 Å². The summed E-state index contributed by atoms with van der Waals surface area (Å²) in [6, 6.07) is 13.4. The Bertz CT molecular complexity index is 603. The molecule has 0 spiro atoms. The molecule has 3 nitrogen and oxygen atoms in total. The van der Waals surface area contributed by atoms with Crippen molar-refractivity contribution in [2.24, 2.45) is 5.73 Å². The van der Waals surface area contributed by atoms with Crippen molar-refractivity contribution < 1.29 is 9.13 Å². The lowest BCUT2D eigenvalue weighted by Gasteiger charge is -2.08. The van der Waals surface area contributed by atoms with Crippen LogP contribution in [-0.4, -0.2) is 0 Å². The van der Waals surface area contributed by atoms with E-state index in [0.717, 1.165) is 5.56 Å². The highest BCUT2D eigenvalue weighted by Gasteiger charge is 2.05. The summed E-state index contributed by atoms with van der Waals surface area (Å²) in [7, 11) is 0. The molecule has 0 aromatic heterocycles. The van der Waals surface area contributed by atoms with Gasteiger partial charge in [0.15, 0.2) is 0 Å². The average molecular weight is 256 g/mol. The Labute approximate surface area is 111 Å². The van der Waals surface area contributed by atoms with E-state index >= 15 is 0 Å². The van der Waals surface area contributed by atoms with Crippen molar-refractivity contribution in [1.29, 1.82) is 5.26 Å². The predicted molar refractivity (Wildman–Crippen MR) is 69.8 cm³/mol. The maximum atomic E-state index is 13.1. The van der Waals surface area contributed by atoms with Crippen LogP contribution in [0.15, 0.2) is 42.5 Å². The molecule has 0 saturated heterocycles. The van der Waals surface area contributed by atoms with Crippen molar-refractivity contribution in [2.45, 2.75) is 13.2 Å². The Morgan fingerprint density at radius 3 is 2.53 bits per heavy atom. The molecular weight excluding hydrogens is 243 g/mol. The van der Waals surface area contributed by atoms with Crippen molar-refractivity contribution >= 4 is 0 Å². The van der Waals surface area contributed by atoms with E-state index in [1.54, 1.807) is 12.1 Å².